The molecule has 1 saturated heterocycles. The average molecular weight is 248 g/mol. The van der Waals surface area contributed by atoms with Crippen molar-refractivity contribution in [1.29, 1.82) is 0 Å². The minimum Gasteiger partial charge on any atom is -0.490 e. The maximum atomic E-state index is 10.4. The second-order valence-electron chi connectivity index (χ2n) is 4.17. The highest BCUT2D eigenvalue weighted by molar-refractivity contribution is 5.85. The van der Waals surface area contributed by atoms with Crippen LogP contribution in [0, 0.1) is 0 Å². The van der Waals surface area contributed by atoms with Gasteiger partial charge in [-0.05, 0) is 23.8 Å². The van der Waals surface area contributed by atoms with E-state index >= 15 is 0 Å². The molecule has 4 nitrogen and oxygen atoms in total. The highest BCUT2D eigenvalue weighted by Gasteiger charge is 2.14. The zero-order chi connectivity index (χ0) is 12.8. The third kappa shape index (κ3) is 3.89. The van der Waals surface area contributed by atoms with Crippen molar-refractivity contribution in [2.75, 3.05) is 13.2 Å². The quantitative estimate of drug-likeness (QED) is 0.831. The van der Waals surface area contributed by atoms with E-state index in [2.05, 4.69) is 0 Å². The van der Waals surface area contributed by atoms with Gasteiger partial charge in [0.05, 0.1) is 13.2 Å². The molecule has 1 aromatic rings. The van der Waals surface area contributed by atoms with Crippen molar-refractivity contribution in [2.45, 2.75) is 18.9 Å². The molecule has 0 aromatic heterocycles. The third-order valence-corrected chi connectivity index (χ3v) is 2.77. The molecule has 1 aliphatic heterocycles. The standard InChI is InChI=1S/C14H16O4/c15-14(16)6-3-11-1-4-12(5-2-11)18-13-7-9-17-10-8-13/h1-6,13H,7-10H2,(H,15,16). The molecule has 1 fully saturated rings. The Kier molecular flexibility index (Phi) is 4.36. The van der Waals surface area contributed by atoms with Gasteiger partial charge >= 0.3 is 5.97 Å². The molecule has 1 aromatic carbocycles. The van der Waals surface area contributed by atoms with Gasteiger partial charge in [-0.25, -0.2) is 4.79 Å². The van der Waals surface area contributed by atoms with Crippen LogP contribution in [-0.2, 0) is 9.53 Å². The molecule has 0 amide bonds. The number of carboxylic acid groups (broad SMARTS) is 1. The first-order valence-electron chi connectivity index (χ1n) is 5.99. The largest absolute Gasteiger partial charge is 0.490 e. The van der Waals surface area contributed by atoms with E-state index in [1.54, 1.807) is 6.08 Å². The normalized spacial score (nSPS) is 16.9. The zero-order valence-corrected chi connectivity index (χ0v) is 10.0. The third-order valence-electron chi connectivity index (χ3n) is 2.77. The second-order valence-corrected chi connectivity index (χ2v) is 4.17. The number of aliphatic carboxylic acids is 1. The number of benzene rings is 1. The first kappa shape index (κ1) is 12.6. The molecule has 0 saturated carbocycles. The number of carboxylic acids is 1. The van der Waals surface area contributed by atoms with Crippen molar-refractivity contribution >= 4 is 12.0 Å². The second kappa shape index (κ2) is 6.21. The van der Waals surface area contributed by atoms with Crippen LogP contribution in [0.5, 0.6) is 5.75 Å². The topological polar surface area (TPSA) is 55.8 Å². The fourth-order valence-corrected chi connectivity index (χ4v) is 1.81. The molecule has 0 aliphatic carbocycles. The first-order chi connectivity index (χ1) is 8.74. The lowest BCUT2D eigenvalue weighted by Gasteiger charge is -2.23. The van der Waals surface area contributed by atoms with Crippen LogP contribution in [0.2, 0.25) is 0 Å². The Labute approximate surface area is 106 Å². The lowest BCUT2D eigenvalue weighted by atomic mass is 10.1. The van der Waals surface area contributed by atoms with Gasteiger partial charge in [0, 0.05) is 18.9 Å². The van der Waals surface area contributed by atoms with Gasteiger partial charge in [-0.15, -0.1) is 0 Å². The fraction of sp³-hybridized carbons (Fsp3) is 0.357. The summed E-state index contributed by atoms with van der Waals surface area (Å²) >= 11 is 0. The van der Waals surface area contributed by atoms with Gasteiger partial charge in [0.25, 0.3) is 0 Å². The van der Waals surface area contributed by atoms with E-state index in [0.717, 1.165) is 43.4 Å². The van der Waals surface area contributed by atoms with Crippen LogP contribution in [0.4, 0.5) is 0 Å². The van der Waals surface area contributed by atoms with E-state index in [1.807, 2.05) is 24.3 Å². The van der Waals surface area contributed by atoms with Gasteiger partial charge < -0.3 is 14.6 Å². The van der Waals surface area contributed by atoms with Crippen molar-refractivity contribution in [2.24, 2.45) is 0 Å². The van der Waals surface area contributed by atoms with E-state index in [1.165, 1.54) is 0 Å². The molecule has 0 unspecified atom stereocenters. The molecular weight excluding hydrogens is 232 g/mol. The smallest absolute Gasteiger partial charge is 0.328 e. The maximum Gasteiger partial charge on any atom is 0.328 e. The number of ether oxygens (including phenoxy) is 2. The number of hydrogen-bond acceptors (Lipinski definition) is 3. The van der Waals surface area contributed by atoms with E-state index in [9.17, 15) is 4.79 Å². The summed E-state index contributed by atoms with van der Waals surface area (Å²) in [4.78, 5) is 10.4. The number of rotatable bonds is 4. The highest BCUT2D eigenvalue weighted by atomic mass is 16.5. The molecule has 0 atom stereocenters. The Hall–Kier alpha value is -1.81. The molecule has 1 aliphatic rings. The summed E-state index contributed by atoms with van der Waals surface area (Å²) in [6, 6.07) is 7.40. The summed E-state index contributed by atoms with van der Waals surface area (Å²) in [6.07, 6.45) is 4.73. The van der Waals surface area contributed by atoms with Crippen LogP contribution in [-0.4, -0.2) is 30.4 Å². The Balaban J connectivity index is 1.92. The van der Waals surface area contributed by atoms with E-state index < -0.39 is 5.97 Å². The Morgan fingerprint density at radius 2 is 1.94 bits per heavy atom. The van der Waals surface area contributed by atoms with Crippen molar-refractivity contribution in [1.82, 2.24) is 0 Å². The lowest BCUT2D eigenvalue weighted by Crippen LogP contribution is -2.25. The summed E-state index contributed by atoms with van der Waals surface area (Å²) in [5, 5.41) is 8.52. The van der Waals surface area contributed by atoms with Crippen LogP contribution < -0.4 is 4.74 Å². The molecule has 18 heavy (non-hydrogen) atoms. The zero-order valence-electron chi connectivity index (χ0n) is 10.0. The highest BCUT2D eigenvalue weighted by Crippen LogP contribution is 2.18. The van der Waals surface area contributed by atoms with Gasteiger partial charge in [-0.2, -0.15) is 0 Å². The SMILES string of the molecule is O=C(O)C=Cc1ccc(OC2CCOCC2)cc1. The molecule has 2 rings (SSSR count). The van der Waals surface area contributed by atoms with Crippen molar-refractivity contribution in [3.05, 3.63) is 35.9 Å². The van der Waals surface area contributed by atoms with Gasteiger partial charge in [0.2, 0.25) is 0 Å². The van der Waals surface area contributed by atoms with Gasteiger partial charge in [0.15, 0.2) is 0 Å². The molecule has 0 spiro atoms. The predicted octanol–water partition coefficient (Wildman–Crippen LogP) is 2.34. The summed E-state index contributed by atoms with van der Waals surface area (Å²) in [5.41, 5.74) is 0.844. The molecule has 1 heterocycles. The molecule has 1 N–H and O–H groups in total. The average Bonchev–Trinajstić information content (AvgIpc) is 2.39. The van der Waals surface area contributed by atoms with Crippen molar-refractivity contribution in [3.63, 3.8) is 0 Å². The van der Waals surface area contributed by atoms with Crippen molar-refractivity contribution < 1.29 is 19.4 Å². The van der Waals surface area contributed by atoms with Gasteiger partial charge in [0.1, 0.15) is 11.9 Å². The van der Waals surface area contributed by atoms with Crippen LogP contribution in [0.1, 0.15) is 18.4 Å². The summed E-state index contributed by atoms with van der Waals surface area (Å²) in [7, 11) is 0. The van der Waals surface area contributed by atoms with Crippen LogP contribution in [0.3, 0.4) is 0 Å². The van der Waals surface area contributed by atoms with Crippen molar-refractivity contribution in [3.8, 4) is 5.75 Å². The first-order valence-corrected chi connectivity index (χ1v) is 5.99. The van der Waals surface area contributed by atoms with Gasteiger partial charge in [-0.1, -0.05) is 12.1 Å². The molecular formula is C14H16O4. The summed E-state index contributed by atoms with van der Waals surface area (Å²) in [5.74, 6) is -0.132. The monoisotopic (exact) mass is 248 g/mol. The lowest BCUT2D eigenvalue weighted by molar-refractivity contribution is -0.131. The fourth-order valence-electron chi connectivity index (χ4n) is 1.81. The molecule has 4 heteroatoms. The number of hydrogen-bond donors (Lipinski definition) is 1. The Bertz CT molecular complexity index is 416. The van der Waals surface area contributed by atoms with E-state index in [0.29, 0.717) is 0 Å². The minimum atomic E-state index is -0.947. The maximum absolute atomic E-state index is 10.4. The van der Waals surface area contributed by atoms with Crippen LogP contribution in [0.25, 0.3) is 6.08 Å². The van der Waals surface area contributed by atoms with Crippen LogP contribution >= 0.6 is 0 Å². The molecule has 96 valence electrons. The number of carbonyl (C=O) groups is 1. The van der Waals surface area contributed by atoms with Gasteiger partial charge in [-0.3, -0.25) is 0 Å². The molecule has 0 bridgehead atoms. The van der Waals surface area contributed by atoms with E-state index in [4.69, 9.17) is 14.6 Å². The summed E-state index contributed by atoms with van der Waals surface area (Å²) in [6.45, 7) is 1.51. The summed E-state index contributed by atoms with van der Waals surface area (Å²) < 4.78 is 11.1. The Morgan fingerprint density at radius 1 is 1.28 bits per heavy atom. The van der Waals surface area contributed by atoms with Crippen LogP contribution in [0.15, 0.2) is 30.3 Å². The Morgan fingerprint density at radius 3 is 2.56 bits per heavy atom. The predicted molar refractivity (Wildman–Crippen MR) is 67.6 cm³/mol. The minimum absolute atomic E-state index is 0.221. The van der Waals surface area contributed by atoms with E-state index in [-0.39, 0.29) is 6.10 Å². The molecule has 0 radical (unpaired) electrons.